The summed E-state index contributed by atoms with van der Waals surface area (Å²) in [7, 11) is 0. The summed E-state index contributed by atoms with van der Waals surface area (Å²) in [6.45, 7) is 6.15. The number of rotatable bonds is 4. The van der Waals surface area contributed by atoms with Gasteiger partial charge in [0.05, 0.1) is 11.1 Å². The van der Waals surface area contributed by atoms with Gasteiger partial charge in [-0.25, -0.2) is 4.98 Å². The first-order valence-electron chi connectivity index (χ1n) is 7.07. The average molecular weight is 346 g/mol. The topological polar surface area (TPSA) is 52.6 Å². The second-order valence-corrected chi connectivity index (χ2v) is 6.97. The van der Waals surface area contributed by atoms with Crippen LogP contribution in [0, 0.1) is 0 Å². The molecular formula is C13H20ClN5S2. The molecule has 5 nitrogen and oxygen atoms in total. The molecule has 0 spiro atoms. The number of hydrogen-bond acceptors (Lipinski definition) is 5. The maximum Gasteiger partial charge on any atom is 0.187 e. The van der Waals surface area contributed by atoms with Crippen molar-refractivity contribution in [2.24, 2.45) is 5.10 Å². The highest BCUT2D eigenvalue weighted by Crippen LogP contribution is 2.30. The van der Waals surface area contributed by atoms with E-state index >= 15 is 0 Å². The molecular weight excluding hydrogens is 326 g/mol. The average Bonchev–Trinajstić information content (AvgIpc) is 2.80. The summed E-state index contributed by atoms with van der Waals surface area (Å²) in [5.74, 6) is 0. The Balaban J connectivity index is 1.94. The molecule has 8 heteroatoms. The van der Waals surface area contributed by atoms with Crippen molar-refractivity contribution in [1.82, 2.24) is 15.7 Å². The first-order chi connectivity index (χ1) is 10.1. The molecule has 1 aliphatic rings. The summed E-state index contributed by atoms with van der Waals surface area (Å²) < 4.78 is 0. The molecule has 0 bridgehead atoms. The zero-order valence-corrected chi connectivity index (χ0v) is 14.6. The van der Waals surface area contributed by atoms with Crippen LogP contribution in [0.2, 0.25) is 5.15 Å². The number of thiazole rings is 1. The molecule has 21 heavy (non-hydrogen) atoms. The third-order valence-corrected chi connectivity index (χ3v) is 4.65. The lowest BCUT2D eigenvalue weighted by Crippen LogP contribution is -2.36. The van der Waals surface area contributed by atoms with Gasteiger partial charge in [0.2, 0.25) is 0 Å². The molecule has 2 N–H and O–H groups in total. The second-order valence-electron chi connectivity index (χ2n) is 5.20. The Bertz CT molecular complexity index is 509. The van der Waals surface area contributed by atoms with E-state index in [9.17, 15) is 0 Å². The minimum Gasteiger partial charge on any atom is -0.359 e. The minimum atomic E-state index is 0.276. The lowest BCUT2D eigenvalue weighted by Gasteiger charge is -2.25. The summed E-state index contributed by atoms with van der Waals surface area (Å²) in [6, 6.07) is 0.276. The van der Waals surface area contributed by atoms with Crippen molar-refractivity contribution in [3.63, 3.8) is 0 Å². The largest absolute Gasteiger partial charge is 0.359 e. The Kier molecular flexibility index (Phi) is 6.20. The molecule has 1 fully saturated rings. The molecule has 0 amide bonds. The Morgan fingerprint density at radius 3 is 2.81 bits per heavy atom. The molecule has 0 atom stereocenters. The van der Waals surface area contributed by atoms with E-state index in [2.05, 4.69) is 25.7 Å². The smallest absolute Gasteiger partial charge is 0.187 e. The van der Waals surface area contributed by atoms with E-state index in [-0.39, 0.29) is 6.04 Å². The quantitative estimate of drug-likeness (QED) is 0.499. The molecule has 1 aromatic heterocycles. The fourth-order valence-electron chi connectivity index (χ4n) is 2.05. The van der Waals surface area contributed by atoms with E-state index in [4.69, 9.17) is 23.8 Å². The Morgan fingerprint density at radius 1 is 1.43 bits per heavy atom. The van der Waals surface area contributed by atoms with Crippen LogP contribution in [0.3, 0.4) is 0 Å². The van der Waals surface area contributed by atoms with Crippen molar-refractivity contribution in [3.8, 4) is 0 Å². The predicted molar refractivity (Wildman–Crippen MR) is 94.8 cm³/mol. The Labute approximate surface area is 139 Å². The normalized spacial score (nSPS) is 15.7. The number of hydrogen-bond donors (Lipinski definition) is 2. The zero-order chi connectivity index (χ0) is 15.2. The number of halogens is 1. The van der Waals surface area contributed by atoms with E-state index in [1.807, 2.05) is 13.8 Å². The maximum absolute atomic E-state index is 6.17. The number of nitrogens with zero attached hydrogens (tertiary/aromatic N) is 3. The number of anilines is 1. The Morgan fingerprint density at radius 2 is 2.14 bits per heavy atom. The van der Waals surface area contributed by atoms with Crippen LogP contribution >= 0.6 is 35.2 Å². The van der Waals surface area contributed by atoms with Gasteiger partial charge in [-0.1, -0.05) is 22.9 Å². The molecule has 2 heterocycles. The third kappa shape index (κ3) is 5.09. The van der Waals surface area contributed by atoms with Crippen LogP contribution in [0.15, 0.2) is 5.10 Å². The van der Waals surface area contributed by atoms with Crippen molar-refractivity contribution < 1.29 is 0 Å². The van der Waals surface area contributed by atoms with Crippen LogP contribution in [-0.2, 0) is 0 Å². The SMILES string of the molecule is CC(C)NC(=S)N/N=C\c1sc(N2CCCCC2)nc1Cl. The lowest BCUT2D eigenvalue weighted by atomic mass is 10.1. The number of hydrazone groups is 1. The highest BCUT2D eigenvalue weighted by atomic mass is 35.5. The van der Waals surface area contributed by atoms with Crippen LogP contribution in [-0.4, -0.2) is 35.4 Å². The maximum atomic E-state index is 6.17. The molecule has 1 saturated heterocycles. The fraction of sp³-hybridized carbons (Fsp3) is 0.615. The fourth-order valence-corrected chi connectivity index (χ4v) is 3.51. The molecule has 0 aromatic carbocycles. The van der Waals surface area contributed by atoms with Crippen molar-refractivity contribution in [2.45, 2.75) is 39.2 Å². The van der Waals surface area contributed by atoms with Crippen molar-refractivity contribution in [3.05, 3.63) is 10.0 Å². The third-order valence-electron chi connectivity index (χ3n) is 2.99. The summed E-state index contributed by atoms with van der Waals surface area (Å²) in [5, 5.41) is 9.12. The molecule has 116 valence electrons. The van der Waals surface area contributed by atoms with Gasteiger partial charge < -0.3 is 10.2 Å². The van der Waals surface area contributed by atoms with Crippen molar-refractivity contribution in [2.75, 3.05) is 18.0 Å². The first-order valence-corrected chi connectivity index (χ1v) is 8.67. The van der Waals surface area contributed by atoms with Crippen LogP contribution in [0.1, 0.15) is 38.0 Å². The lowest BCUT2D eigenvalue weighted by molar-refractivity contribution is 0.577. The van der Waals surface area contributed by atoms with E-state index < -0.39 is 0 Å². The molecule has 0 saturated carbocycles. The Hall–Kier alpha value is -0.920. The van der Waals surface area contributed by atoms with Gasteiger partial charge >= 0.3 is 0 Å². The number of nitrogens with one attached hydrogen (secondary N) is 2. The molecule has 2 rings (SSSR count). The molecule has 1 aliphatic heterocycles. The summed E-state index contributed by atoms with van der Waals surface area (Å²) in [4.78, 5) is 7.55. The van der Waals surface area contributed by atoms with Crippen LogP contribution in [0.25, 0.3) is 0 Å². The van der Waals surface area contributed by atoms with E-state index in [0.717, 1.165) is 23.1 Å². The van der Waals surface area contributed by atoms with Crippen LogP contribution in [0.5, 0.6) is 0 Å². The summed E-state index contributed by atoms with van der Waals surface area (Å²) in [5.41, 5.74) is 2.77. The van der Waals surface area contributed by atoms with Gasteiger partial charge in [0.15, 0.2) is 15.4 Å². The summed E-state index contributed by atoms with van der Waals surface area (Å²) in [6.07, 6.45) is 5.41. The molecule has 1 aromatic rings. The van der Waals surface area contributed by atoms with E-state index in [1.165, 1.54) is 19.3 Å². The molecule has 0 radical (unpaired) electrons. The standard InChI is InChI=1S/C13H20ClN5S2/c1-9(2)16-12(20)18-15-8-10-11(14)17-13(21-10)19-6-4-3-5-7-19/h8-9H,3-7H2,1-2H3,(H2,16,18,20)/b15-8-. The first kappa shape index (κ1) is 16.5. The highest BCUT2D eigenvalue weighted by molar-refractivity contribution is 7.80. The van der Waals surface area contributed by atoms with Gasteiger partial charge in [-0.15, -0.1) is 0 Å². The van der Waals surface area contributed by atoms with Crippen molar-refractivity contribution in [1.29, 1.82) is 0 Å². The molecule has 0 unspecified atom stereocenters. The number of piperidine rings is 1. The van der Waals surface area contributed by atoms with Gasteiger partial charge in [-0.2, -0.15) is 5.10 Å². The molecule has 0 aliphatic carbocycles. The van der Waals surface area contributed by atoms with E-state index in [0.29, 0.717) is 10.3 Å². The van der Waals surface area contributed by atoms with Crippen molar-refractivity contribution >= 4 is 51.6 Å². The minimum absolute atomic E-state index is 0.276. The highest BCUT2D eigenvalue weighted by Gasteiger charge is 2.16. The van der Waals surface area contributed by atoms with Gasteiger partial charge in [0.1, 0.15) is 0 Å². The van der Waals surface area contributed by atoms with E-state index in [1.54, 1.807) is 17.6 Å². The van der Waals surface area contributed by atoms with Gasteiger partial charge in [0, 0.05) is 19.1 Å². The van der Waals surface area contributed by atoms with Gasteiger partial charge in [-0.05, 0) is 45.3 Å². The number of aromatic nitrogens is 1. The van der Waals surface area contributed by atoms with Crippen LogP contribution in [0.4, 0.5) is 5.13 Å². The monoisotopic (exact) mass is 345 g/mol. The van der Waals surface area contributed by atoms with Crippen LogP contribution < -0.4 is 15.6 Å². The zero-order valence-electron chi connectivity index (χ0n) is 12.2. The van der Waals surface area contributed by atoms with Gasteiger partial charge in [0.25, 0.3) is 0 Å². The predicted octanol–water partition coefficient (Wildman–Crippen LogP) is 2.99. The second kappa shape index (κ2) is 7.91. The summed E-state index contributed by atoms with van der Waals surface area (Å²) >= 11 is 12.8. The number of thiocarbonyl (C=S) groups is 1. The van der Waals surface area contributed by atoms with Gasteiger partial charge in [-0.3, -0.25) is 5.43 Å².